The molecule has 2 nitrogen and oxygen atoms in total. The summed E-state index contributed by atoms with van der Waals surface area (Å²) in [6.07, 6.45) is 1.44. The third-order valence-corrected chi connectivity index (χ3v) is 1.42. The summed E-state index contributed by atoms with van der Waals surface area (Å²) in [5.74, 6) is 0. The number of rotatable bonds is 4. The van der Waals surface area contributed by atoms with Gasteiger partial charge in [0.1, 0.15) is 0 Å². The number of nitrogens with one attached hydrogen (secondary N) is 2. The van der Waals surface area contributed by atoms with E-state index in [-0.39, 0.29) is 6.67 Å². The standard InChI is InChI=1S/C6H13FN2S/c1-8-6(10)9-5-3-2-4-7/h2-5H2,1H3,(H2,8,9,10). The molecule has 0 aromatic rings. The smallest absolute Gasteiger partial charge is 0.166 e. The maximum atomic E-state index is 11.5. The Balaban J connectivity index is 2.96. The number of hydrogen-bond donors (Lipinski definition) is 2. The largest absolute Gasteiger partial charge is 0.366 e. The zero-order valence-corrected chi connectivity index (χ0v) is 6.93. The number of unbranched alkanes of at least 4 members (excludes halogenated alkanes) is 1. The van der Waals surface area contributed by atoms with Crippen LogP contribution in [0.4, 0.5) is 4.39 Å². The van der Waals surface area contributed by atoms with Gasteiger partial charge in [-0.15, -0.1) is 0 Å². The summed E-state index contributed by atoms with van der Waals surface area (Å²) in [5.41, 5.74) is 0. The van der Waals surface area contributed by atoms with Crippen molar-refractivity contribution in [3.05, 3.63) is 0 Å². The fraction of sp³-hybridized carbons (Fsp3) is 0.833. The summed E-state index contributed by atoms with van der Waals surface area (Å²) in [5, 5.41) is 6.31. The molecule has 0 radical (unpaired) electrons. The van der Waals surface area contributed by atoms with Crippen molar-refractivity contribution in [1.29, 1.82) is 0 Å². The van der Waals surface area contributed by atoms with Crippen molar-refractivity contribution in [2.24, 2.45) is 0 Å². The molecular weight excluding hydrogens is 151 g/mol. The summed E-state index contributed by atoms with van der Waals surface area (Å²) in [6, 6.07) is 0. The Bertz CT molecular complexity index is 97.7. The molecule has 0 spiro atoms. The molecule has 0 atom stereocenters. The van der Waals surface area contributed by atoms with E-state index in [1.807, 2.05) is 0 Å². The lowest BCUT2D eigenvalue weighted by atomic mass is 10.3. The Kier molecular flexibility index (Phi) is 6.48. The molecule has 2 N–H and O–H groups in total. The second-order valence-corrected chi connectivity index (χ2v) is 2.31. The van der Waals surface area contributed by atoms with Crippen LogP contribution >= 0.6 is 12.2 Å². The maximum Gasteiger partial charge on any atom is 0.166 e. The van der Waals surface area contributed by atoms with Gasteiger partial charge < -0.3 is 10.6 Å². The molecule has 0 aromatic carbocycles. The highest BCUT2D eigenvalue weighted by Crippen LogP contribution is 1.86. The van der Waals surface area contributed by atoms with Crippen molar-refractivity contribution < 1.29 is 4.39 Å². The van der Waals surface area contributed by atoms with E-state index in [9.17, 15) is 4.39 Å². The van der Waals surface area contributed by atoms with Crippen molar-refractivity contribution >= 4 is 17.3 Å². The highest BCUT2D eigenvalue weighted by molar-refractivity contribution is 7.80. The van der Waals surface area contributed by atoms with Gasteiger partial charge in [-0.2, -0.15) is 0 Å². The maximum absolute atomic E-state index is 11.5. The molecule has 0 bridgehead atoms. The van der Waals surface area contributed by atoms with Gasteiger partial charge in [-0.1, -0.05) is 0 Å². The topological polar surface area (TPSA) is 24.1 Å². The van der Waals surface area contributed by atoms with Crippen molar-refractivity contribution in [2.45, 2.75) is 12.8 Å². The van der Waals surface area contributed by atoms with Crippen LogP contribution in [0.1, 0.15) is 12.8 Å². The quantitative estimate of drug-likeness (QED) is 0.475. The van der Waals surface area contributed by atoms with Gasteiger partial charge in [0.05, 0.1) is 6.67 Å². The SMILES string of the molecule is CNC(=S)NCCCCF. The molecule has 10 heavy (non-hydrogen) atoms. The second-order valence-electron chi connectivity index (χ2n) is 1.90. The van der Waals surface area contributed by atoms with Crippen molar-refractivity contribution in [3.8, 4) is 0 Å². The molecule has 0 unspecified atom stereocenters. The van der Waals surface area contributed by atoms with Crippen molar-refractivity contribution in [1.82, 2.24) is 10.6 Å². The lowest BCUT2D eigenvalue weighted by Crippen LogP contribution is -2.32. The molecule has 0 fully saturated rings. The fourth-order valence-electron chi connectivity index (χ4n) is 0.510. The first-order valence-corrected chi connectivity index (χ1v) is 3.73. The molecule has 0 heterocycles. The molecule has 0 rings (SSSR count). The van der Waals surface area contributed by atoms with Crippen LogP contribution in [0.2, 0.25) is 0 Å². The average molecular weight is 164 g/mol. The Morgan fingerprint density at radius 3 is 2.70 bits per heavy atom. The number of alkyl halides is 1. The van der Waals surface area contributed by atoms with Crippen LogP contribution in [0.25, 0.3) is 0 Å². The van der Waals surface area contributed by atoms with E-state index in [1.165, 1.54) is 0 Å². The van der Waals surface area contributed by atoms with Gasteiger partial charge in [-0.3, -0.25) is 4.39 Å². The highest BCUT2D eigenvalue weighted by Gasteiger charge is 1.89. The van der Waals surface area contributed by atoms with Crippen LogP contribution in [0.5, 0.6) is 0 Å². The van der Waals surface area contributed by atoms with E-state index in [2.05, 4.69) is 10.6 Å². The van der Waals surface area contributed by atoms with E-state index in [0.29, 0.717) is 11.5 Å². The van der Waals surface area contributed by atoms with E-state index in [1.54, 1.807) is 7.05 Å². The van der Waals surface area contributed by atoms with Crippen LogP contribution in [-0.4, -0.2) is 25.4 Å². The minimum absolute atomic E-state index is 0.242. The first kappa shape index (κ1) is 9.62. The number of thiocarbonyl (C=S) groups is 1. The Morgan fingerprint density at radius 1 is 1.50 bits per heavy atom. The van der Waals surface area contributed by atoms with Gasteiger partial charge >= 0.3 is 0 Å². The van der Waals surface area contributed by atoms with Crippen LogP contribution in [0, 0.1) is 0 Å². The van der Waals surface area contributed by atoms with Crippen LogP contribution in [0.15, 0.2) is 0 Å². The minimum Gasteiger partial charge on any atom is -0.366 e. The van der Waals surface area contributed by atoms with Gasteiger partial charge in [-0.25, -0.2) is 0 Å². The molecule has 0 saturated carbocycles. The van der Waals surface area contributed by atoms with Gasteiger partial charge in [0.15, 0.2) is 5.11 Å². The molecule has 4 heteroatoms. The second kappa shape index (κ2) is 6.74. The first-order chi connectivity index (χ1) is 4.81. The van der Waals surface area contributed by atoms with Gasteiger partial charge in [0, 0.05) is 13.6 Å². The molecule has 0 aromatic heterocycles. The Morgan fingerprint density at radius 2 is 2.20 bits per heavy atom. The van der Waals surface area contributed by atoms with E-state index in [4.69, 9.17) is 12.2 Å². The molecule has 60 valence electrons. The zero-order valence-electron chi connectivity index (χ0n) is 6.11. The van der Waals surface area contributed by atoms with E-state index < -0.39 is 0 Å². The lowest BCUT2D eigenvalue weighted by Gasteiger charge is -2.04. The summed E-state index contributed by atoms with van der Waals surface area (Å²) in [6.45, 7) is 0.511. The molecule has 0 aliphatic carbocycles. The highest BCUT2D eigenvalue weighted by atomic mass is 32.1. The summed E-state index contributed by atoms with van der Waals surface area (Å²) in [7, 11) is 1.75. The molecular formula is C6H13FN2S. The molecule has 0 amide bonds. The number of halogens is 1. The Labute approximate surface area is 66.2 Å². The van der Waals surface area contributed by atoms with E-state index >= 15 is 0 Å². The average Bonchev–Trinajstić information content (AvgIpc) is 1.98. The van der Waals surface area contributed by atoms with Gasteiger partial charge in [0.25, 0.3) is 0 Å². The Hall–Kier alpha value is -0.380. The van der Waals surface area contributed by atoms with Gasteiger partial charge in [-0.05, 0) is 25.1 Å². The minimum atomic E-state index is -0.242. The summed E-state index contributed by atoms with van der Waals surface area (Å²) in [4.78, 5) is 0. The van der Waals surface area contributed by atoms with Crippen molar-refractivity contribution in [3.63, 3.8) is 0 Å². The van der Waals surface area contributed by atoms with Crippen LogP contribution < -0.4 is 10.6 Å². The molecule has 0 saturated heterocycles. The third kappa shape index (κ3) is 5.75. The molecule has 0 aliphatic rings. The van der Waals surface area contributed by atoms with Crippen LogP contribution in [0.3, 0.4) is 0 Å². The predicted octanol–water partition coefficient (Wildman–Crippen LogP) is 0.830. The third-order valence-electron chi connectivity index (χ3n) is 1.07. The normalized spacial score (nSPS) is 9.00. The predicted molar refractivity (Wildman–Crippen MR) is 44.9 cm³/mol. The summed E-state index contributed by atoms with van der Waals surface area (Å²) >= 11 is 4.79. The molecule has 0 aliphatic heterocycles. The lowest BCUT2D eigenvalue weighted by molar-refractivity contribution is 0.461. The van der Waals surface area contributed by atoms with Crippen LogP contribution in [-0.2, 0) is 0 Å². The number of hydrogen-bond acceptors (Lipinski definition) is 1. The fourth-order valence-corrected chi connectivity index (χ4v) is 0.612. The van der Waals surface area contributed by atoms with E-state index in [0.717, 1.165) is 13.0 Å². The zero-order chi connectivity index (χ0) is 7.82. The summed E-state index contributed by atoms with van der Waals surface area (Å²) < 4.78 is 11.5. The first-order valence-electron chi connectivity index (χ1n) is 3.32. The van der Waals surface area contributed by atoms with Gasteiger partial charge in [0.2, 0.25) is 0 Å². The van der Waals surface area contributed by atoms with Crippen molar-refractivity contribution in [2.75, 3.05) is 20.3 Å². The monoisotopic (exact) mass is 164 g/mol.